The van der Waals surface area contributed by atoms with Crippen molar-refractivity contribution >= 4 is 27.8 Å². The molecule has 1 aromatic carbocycles. The molecule has 0 saturated heterocycles. The second-order valence-corrected chi connectivity index (χ2v) is 7.64. The molecule has 6 heteroatoms. The van der Waals surface area contributed by atoms with Crippen molar-refractivity contribution in [2.75, 3.05) is 17.7 Å². The zero-order valence-electron chi connectivity index (χ0n) is 15.8. The minimum Gasteiger partial charge on any atom is -0.494 e. The smallest absolute Gasteiger partial charge is 0.158 e. The number of thiophene rings is 1. The number of carbonyl (C=O) groups is 1. The van der Waals surface area contributed by atoms with Gasteiger partial charge < -0.3 is 15.8 Å². The number of fused-ring (bicyclic) bond motifs is 1. The fourth-order valence-corrected chi connectivity index (χ4v) is 4.42. The Balaban J connectivity index is 2.05. The Morgan fingerprint density at radius 3 is 2.67 bits per heavy atom. The van der Waals surface area contributed by atoms with Gasteiger partial charge in [-0.05, 0) is 38.0 Å². The van der Waals surface area contributed by atoms with Gasteiger partial charge in [-0.2, -0.15) is 5.26 Å². The molecule has 0 amide bonds. The number of nitrogens with two attached hydrogens (primary N) is 1. The highest BCUT2D eigenvalue weighted by Crippen LogP contribution is 2.49. The maximum atomic E-state index is 12.4. The lowest BCUT2D eigenvalue weighted by Crippen LogP contribution is -2.21. The molecule has 3 rings (SSSR count). The summed E-state index contributed by atoms with van der Waals surface area (Å²) in [5.41, 5.74) is 9.97. The normalized spacial score (nSPS) is 15.7. The van der Waals surface area contributed by atoms with E-state index < -0.39 is 0 Å². The third-order valence-electron chi connectivity index (χ3n) is 4.73. The average molecular weight is 382 g/mol. The number of nitrogens with zero attached hydrogens (tertiary/aromatic N) is 1. The van der Waals surface area contributed by atoms with Gasteiger partial charge in [0.1, 0.15) is 21.7 Å². The second-order valence-electron chi connectivity index (χ2n) is 6.62. The molecule has 2 aromatic rings. The summed E-state index contributed by atoms with van der Waals surface area (Å²) in [6, 6.07) is 9.94. The Kier molecular flexibility index (Phi) is 5.52. The number of Topliss-reactive ketones (excluding diaryl/α,β-unsaturated/α-hetero) is 1. The average Bonchev–Trinajstić information content (AvgIpc) is 2.96. The van der Waals surface area contributed by atoms with E-state index >= 15 is 0 Å². The van der Waals surface area contributed by atoms with Crippen molar-refractivity contribution in [3.63, 3.8) is 0 Å². The van der Waals surface area contributed by atoms with E-state index in [0.29, 0.717) is 22.7 Å². The lowest BCUT2D eigenvalue weighted by Gasteiger charge is -2.28. The maximum absolute atomic E-state index is 12.4. The molecule has 0 fully saturated rings. The van der Waals surface area contributed by atoms with E-state index in [-0.39, 0.29) is 11.7 Å². The molecule has 2 heterocycles. The van der Waals surface area contributed by atoms with Gasteiger partial charge in [0.2, 0.25) is 0 Å². The third-order valence-corrected chi connectivity index (χ3v) is 5.77. The summed E-state index contributed by atoms with van der Waals surface area (Å²) in [6.45, 7) is 6.26. The van der Waals surface area contributed by atoms with Crippen LogP contribution in [0.3, 0.4) is 0 Å². The van der Waals surface area contributed by atoms with Gasteiger partial charge in [-0.3, -0.25) is 4.79 Å². The quantitative estimate of drug-likeness (QED) is 0.702. The van der Waals surface area contributed by atoms with Crippen LogP contribution in [-0.2, 0) is 4.79 Å². The number of hydrogen-bond donors (Lipinski definition) is 2. The molecule has 3 N–H and O–H groups in total. The zero-order chi connectivity index (χ0) is 19.6. The SMILES string of the molecule is CCCCOc1ccc([C@H]2C(C(C)=O)=C(C)Nc3sc(C#N)c(N)c32)cc1. The van der Waals surface area contributed by atoms with E-state index in [1.165, 1.54) is 11.3 Å². The number of carbonyl (C=O) groups excluding carboxylic acids is 1. The van der Waals surface area contributed by atoms with E-state index in [2.05, 4.69) is 18.3 Å². The molecule has 1 aromatic heterocycles. The minimum absolute atomic E-state index is 0.0111. The van der Waals surface area contributed by atoms with Gasteiger partial charge in [0.05, 0.1) is 12.3 Å². The number of nitriles is 1. The van der Waals surface area contributed by atoms with Crippen LogP contribution in [0.4, 0.5) is 10.7 Å². The van der Waals surface area contributed by atoms with E-state index in [1.807, 2.05) is 31.2 Å². The number of unbranched alkanes of at least 4 members (excludes halogenated alkanes) is 1. The van der Waals surface area contributed by atoms with Crippen LogP contribution in [0.25, 0.3) is 0 Å². The second kappa shape index (κ2) is 7.85. The largest absolute Gasteiger partial charge is 0.494 e. The van der Waals surface area contributed by atoms with E-state index in [0.717, 1.165) is 40.4 Å². The summed E-state index contributed by atoms with van der Waals surface area (Å²) in [7, 11) is 0. The van der Waals surface area contributed by atoms with E-state index in [1.54, 1.807) is 6.92 Å². The zero-order valence-corrected chi connectivity index (χ0v) is 16.6. The number of anilines is 2. The van der Waals surface area contributed by atoms with Crippen LogP contribution in [-0.4, -0.2) is 12.4 Å². The number of allylic oxidation sites excluding steroid dienone is 2. The first-order chi connectivity index (χ1) is 13.0. The molecule has 0 aliphatic carbocycles. The fraction of sp³-hybridized carbons (Fsp3) is 0.333. The van der Waals surface area contributed by atoms with Gasteiger partial charge in [0.25, 0.3) is 0 Å². The summed E-state index contributed by atoms with van der Waals surface area (Å²) in [5, 5.41) is 13.4. The fourth-order valence-electron chi connectivity index (χ4n) is 3.41. The molecule has 27 heavy (non-hydrogen) atoms. The maximum Gasteiger partial charge on any atom is 0.158 e. The molecule has 1 atom stereocenters. The number of nitrogen functional groups attached to an aromatic ring is 1. The Hall–Kier alpha value is -2.78. The first-order valence-electron chi connectivity index (χ1n) is 9.01. The third kappa shape index (κ3) is 3.56. The molecule has 0 radical (unpaired) electrons. The molecule has 0 bridgehead atoms. The van der Waals surface area contributed by atoms with Crippen LogP contribution in [0.15, 0.2) is 35.5 Å². The van der Waals surface area contributed by atoms with Crippen LogP contribution < -0.4 is 15.8 Å². The van der Waals surface area contributed by atoms with Crippen molar-refractivity contribution in [2.45, 2.75) is 39.5 Å². The van der Waals surface area contributed by atoms with Crippen molar-refractivity contribution in [1.82, 2.24) is 0 Å². The summed E-state index contributed by atoms with van der Waals surface area (Å²) in [4.78, 5) is 12.9. The van der Waals surface area contributed by atoms with Crippen LogP contribution in [0.1, 0.15) is 55.5 Å². The van der Waals surface area contributed by atoms with Crippen LogP contribution in [0.5, 0.6) is 5.75 Å². The highest BCUT2D eigenvalue weighted by atomic mass is 32.1. The van der Waals surface area contributed by atoms with Gasteiger partial charge >= 0.3 is 0 Å². The first-order valence-corrected chi connectivity index (χ1v) is 9.83. The topological polar surface area (TPSA) is 88.1 Å². The molecular weight excluding hydrogens is 358 g/mol. The monoisotopic (exact) mass is 381 g/mol. The van der Waals surface area contributed by atoms with Crippen LogP contribution in [0, 0.1) is 11.3 Å². The molecule has 1 aliphatic rings. The molecule has 5 nitrogen and oxygen atoms in total. The summed E-state index contributed by atoms with van der Waals surface area (Å²) >= 11 is 1.33. The van der Waals surface area contributed by atoms with Gasteiger partial charge in [0.15, 0.2) is 5.78 Å². The predicted molar refractivity (Wildman–Crippen MR) is 109 cm³/mol. The molecule has 140 valence electrons. The highest BCUT2D eigenvalue weighted by Gasteiger charge is 2.34. The number of rotatable bonds is 6. The van der Waals surface area contributed by atoms with Crippen molar-refractivity contribution in [1.29, 1.82) is 5.26 Å². The predicted octanol–water partition coefficient (Wildman–Crippen LogP) is 4.80. The lowest BCUT2D eigenvalue weighted by atomic mass is 9.80. The number of hydrogen-bond acceptors (Lipinski definition) is 6. The Morgan fingerprint density at radius 2 is 2.07 bits per heavy atom. The van der Waals surface area contributed by atoms with Gasteiger partial charge in [0, 0.05) is 22.8 Å². The van der Waals surface area contributed by atoms with Gasteiger partial charge in [-0.25, -0.2) is 0 Å². The van der Waals surface area contributed by atoms with E-state index in [9.17, 15) is 10.1 Å². The number of ketones is 1. The highest BCUT2D eigenvalue weighted by molar-refractivity contribution is 7.17. The van der Waals surface area contributed by atoms with Gasteiger partial charge in [-0.15, -0.1) is 11.3 Å². The summed E-state index contributed by atoms with van der Waals surface area (Å²) in [5.74, 6) is 0.507. The van der Waals surface area contributed by atoms with E-state index in [4.69, 9.17) is 10.5 Å². The Labute approximate surface area is 163 Å². The number of benzene rings is 1. The molecule has 0 saturated carbocycles. The van der Waals surface area contributed by atoms with Crippen molar-refractivity contribution in [3.8, 4) is 11.8 Å². The Bertz CT molecular complexity index is 936. The standard InChI is InChI=1S/C21H23N3O2S/c1-4-5-10-26-15-8-6-14(7-9-15)18-17(13(3)25)12(2)24-21-19(18)20(23)16(11-22)27-21/h6-9,18,24H,4-5,10,23H2,1-3H3/t18-/m0/s1. The minimum atomic E-state index is -0.290. The van der Waals surface area contributed by atoms with Crippen molar-refractivity contribution in [2.24, 2.45) is 0 Å². The molecular formula is C21H23N3O2S. The van der Waals surface area contributed by atoms with Crippen molar-refractivity contribution < 1.29 is 9.53 Å². The summed E-state index contributed by atoms with van der Waals surface area (Å²) < 4.78 is 5.74. The van der Waals surface area contributed by atoms with Crippen LogP contribution >= 0.6 is 11.3 Å². The van der Waals surface area contributed by atoms with Crippen molar-refractivity contribution in [3.05, 3.63) is 51.5 Å². The number of ether oxygens (including phenoxy) is 1. The Morgan fingerprint density at radius 1 is 1.37 bits per heavy atom. The van der Waals surface area contributed by atoms with Crippen LogP contribution in [0.2, 0.25) is 0 Å². The molecule has 1 aliphatic heterocycles. The number of nitrogens with one attached hydrogen (secondary N) is 1. The lowest BCUT2D eigenvalue weighted by molar-refractivity contribution is -0.113. The molecule has 0 unspecified atom stereocenters. The summed E-state index contributed by atoms with van der Waals surface area (Å²) in [6.07, 6.45) is 2.10. The first kappa shape index (κ1) is 19.0. The van der Waals surface area contributed by atoms with Gasteiger partial charge in [-0.1, -0.05) is 25.5 Å². The molecule has 0 spiro atoms.